The maximum absolute atomic E-state index is 12.4. The fourth-order valence-electron chi connectivity index (χ4n) is 2.98. The minimum Gasteiger partial charge on any atom is -0.459 e. The number of ether oxygens (including phenoxy) is 2. The Bertz CT molecular complexity index is 836. The van der Waals surface area contributed by atoms with Gasteiger partial charge in [0.15, 0.2) is 17.3 Å². The van der Waals surface area contributed by atoms with Gasteiger partial charge in [-0.3, -0.25) is 9.59 Å². The van der Waals surface area contributed by atoms with Gasteiger partial charge in [-0.2, -0.15) is 0 Å². The molecule has 0 atom stereocenters. The highest BCUT2D eigenvalue weighted by molar-refractivity contribution is 5.93. The maximum Gasteiger partial charge on any atom is 0.289 e. The Labute approximate surface area is 150 Å². The lowest BCUT2D eigenvalue weighted by molar-refractivity contribution is -0.127. The number of carbonyl (C=O) groups excluding carboxylic acids is 2. The highest BCUT2D eigenvalue weighted by atomic mass is 16.7. The summed E-state index contributed by atoms with van der Waals surface area (Å²) in [7, 11) is 0. The van der Waals surface area contributed by atoms with Crippen LogP contribution in [-0.2, 0) is 4.79 Å². The third kappa shape index (κ3) is 3.28. The first kappa shape index (κ1) is 16.3. The van der Waals surface area contributed by atoms with E-state index in [9.17, 15) is 9.59 Å². The van der Waals surface area contributed by atoms with Crippen molar-refractivity contribution in [3.8, 4) is 11.5 Å². The number of furan rings is 1. The van der Waals surface area contributed by atoms with Crippen LogP contribution in [0.4, 0.5) is 0 Å². The van der Waals surface area contributed by atoms with Gasteiger partial charge in [0, 0.05) is 32.3 Å². The zero-order valence-corrected chi connectivity index (χ0v) is 14.1. The average Bonchev–Trinajstić information content (AvgIpc) is 3.37. The average molecular weight is 354 g/mol. The molecule has 2 amide bonds. The Kier molecular flexibility index (Phi) is 4.35. The highest BCUT2D eigenvalue weighted by Gasteiger charge is 2.25. The van der Waals surface area contributed by atoms with Crippen LogP contribution in [-0.4, -0.2) is 54.6 Å². The molecular weight excluding hydrogens is 336 g/mol. The van der Waals surface area contributed by atoms with Crippen molar-refractivity contribution >= 4 is 17.9 Å². The summed E-state index contributed by atoms with van der Waals surface area (Å²) in [6, 6.07) is 8.87. The van der Waals surface area contributed by atoms with Crippen LogP contribution in [0.2, 0.25) is 0 Å². The van der Waals surface area contributed by atoms with Crippen LogP contribution in [0.15, 0.2) is 47.1 Å². The zero-order valence-electron chi connectivity index (χ0n) is 14.1. The third-order valence-corrected chi connectivity index (χ3v) is 4.43. The number of hydrogen-bond acceptors (Lipinski definition) is 5. The minimum absolute atomic E-state index is 0.0761. The van der Waals surface area contributed by atoms with Crippen LogP contribution in [0.25, 0.3) is 6.08 Å². The van der Waals surface area contributed by atoms with Crippen molar-refractivity contribution in [3.63, 3.8) is 0 Å². The molecule has 2 aromatic rings. The number of carbonyl (C=O) groups is 2. The molecule has 3 heterocycles. The van der Waals surface area contributed by atoms with Crippen molar-refractivity contribution in [2.45, 2.75) is 0 Å². The van der Waals surface area contributed by atoms with Gasteiger partial charge < -0.3 is 23.7 Å². The van der Waals surface area contributed by atoms with Gasteiger partial charge in [-0.15, -0.1) is 0 Å². The molecular formula is C19H18N2O5. The molecule has 0 bridgehead atoms. The lowest BCUT2D eigenvalue weighted by Gasteiger charge is -2.33. The Morgan fingerprint density at radius 3 is 2.50 bits per heavy atom. The number of fused-ring (bicyclic) bond motifs is 1. The number of benzene rings is 1. The largest absolute Gasteiger partial charge is 0.459 e. The van der Waals surface area contributed by atoms with Gasteiger partial charge in [-0.1, -0.05) is 6.07 Å². The molecule has 1 saturated heterocycles. The Morgan fingerprint density at radius 1 is 0.962 bits per heavy atom. The number of amides is 2. The summed E-state index contributed by atoms with van der Waals surface area (Å²) >= 11 is 0. The van der Waals surface area contributed by atoms with Crippen molar-refractivity contribution in [1.82, 2.24) is 9.80 Å². The Hall–Kier alpha value is -3.22. The molecule has 0 unspecified atom stereocenters. The quantitative estimate of drug-likeness (QED) is 0.789. The highest BCUT2D eigenvalue weighted by Crippen LogP contribution is 2.32. The SMILES string of the molecule is O=C(/C=C/c1ccc2c(c1)OCO2)N1CCN(C(=O)c2ccco2)CC1. The number of nitrogens with zero attached hydrogens (tertiary/aromatic N) is 2. The molecule has 0 spiro atoms. The van der Waals surface area contributed by atoms with E-state index in [-0.39, 0.29) is 18.6 Å². The van der Waals surface area contributed by atoms with E-state index < -0.39 is 0 Å². The van der Waals surface area contributed by atoms with Crippen LogP contribution >= 0.6 is 0 Å². The van der Waals surface area contributed by atoms with Crippen molar-refractivity contribution in [1.29, 1.82) is 0 Å². The van der Waals surface area contributed by atoms with Gasteiger partial charge in [0.2, 0.25) is 12.7 Å². The molecule has 1 fully saturated rings. The summed E-state index contributed by atoms with van der Waals surface area (Å²) in [5.74, 6) is 1.51. The molecule has 1 aromatic carbocycles. The van der Waals surface area contributed by atoms with Gasteiger partial charge in [-0.05, 0) is 35.9 Å². The first-order valence-corrected chi connectivity index (χ1v) is 8.40. The molecule has 2 aliphatic rings. The predicted molar refractivity (Wildman–Crippen MR) is 92.8 cm³/mol. The van der Waals surface area contributed by atoms with E-state index in [1.807, 2.05) is 18.2 Å². The van der Waals surface area contributed by atoms with E-state index >= 15 is 0 Å². The van der Waals surface area contributed by atoms with E-state index in [1.54, 1.807) is 34.1 Å². The first-order chi connectivity index (χ1) is 12.7. The molecule has 134 valence electrons. The summed E-state index contributed by atoms with van der Waals surface area (Å²) in [5.41, 5.74) is 0.870. The fraction of sp³-hybridized carbons (Fsp3) is 0.263. The molecule has 7 nitrogen and oxygen atoms in total. The molecule has 0 radical (unpaired) electrons. The number of hydrogen-bond donors (Lipinski definition) is 0. The van der Waals surface area contributed by atoms with Gasteiger partial charge >= 0.3 is 0 Å². The fourth-order valence-corrected chi connectivity index (χ4v) is 2.98. The van der Waals surface area contributed by atoms with E-state index in [1.165, 1.54) is 6.26 Å². The van der Waals surface area contributed by atoms with E-state index in [0.29, 0.717) is 43.4 Å². The number of piperazine rings is 1. The molecule has 0 aliphatic carbocycles. The van der Waals surface area contributed by atoms with Crippen molar-refractivity contribution < 1.29 is 23.5 Å². The molecule has 1 aromatic heterocycles. The second-order valence-corrected chi connectivity index (χ2v) is 6.04. The molecule has 2 aliphatic heterocycles. The van der Waals surface area contributed by atoms with Crippen LogP contribution in [0.5, 0.6) is 11.5 Å². The third-order valence-electron chi connectivity index (χ3n) is 4.43. The second-order valence-electron chi connectivity index (χ2n) is 6.04. The van der Waals surface area contributed by atoms with Crippen LogP contribution in [0.1, 0.15) is 16.1 Å². The van der Waals surface area contributed by atoms with E-state index in [2.05, 4.69) is 0 Å². The molecule has 26 heavy (non-hydrogen) atoms. The van der Waals surface area contributed by atoms with Crippen LogP contribution in [0.3, 0.4) is 0 Å². The second kappa shape index (κ2) is 6.95. The number of rotatable bonds is 3. The van der Waals surface area contributed by atoms with Gasteiger partial charge in [0.1, 0.15) is 0 Å². The van der Waals surface area contributed by atoms with Gasteiger partial charge in [0.25, 0.3) is 5.91 Å². The maximum atomic E-state index is 12.4. The minimum atomic E-state index is -0.141. The lowest BCUT2D eigenvalue weighted by Crippen LogP contribution is -2.50. The zero-order chi connectivity index (χ0) is 17.9. The normalized spacial score (nSPS) is 16.3. The smallest absolute Gasteiger partial charge is 0.289 e. The summed E-state index contributed by atoms with van der Waals surface area (Å²) in [6.45, 7) is 2.20. The topological polar surface area (TPSA) is 72.2 Å². The van der Waals surface area contributed by atoms with Crippen LogP contribution < -0.4 is 9.47 Å². The summed E-state index contributed by atoms with van der Waals surface area (Å²) in [5, 5.41) is 0. The Balaban J connectivity index is 1.33. The van der Waals surface area contributed by atoms with Gasteiger partial charge in [0.05, 0.1) is 6.26 Å². The van der Waals surface area contributed by atoms with Crippen molar-refractivity contribution in [2.75, 3.05) is 33.0 Å². The van der Waals surface area contributed by atoms with Crippen LogP contribution in [0, 0.1) is 0 Å². The monoisotopic (exact) mass is 354 g/mol. The predicted octanol–water partition coefficient (Wildman–Crippen LogP) is 2.01. The first-order valence-electron chi connectivity index (χ1n) is 8.40. The van der Waals surface area contributed by atoms with Crippen molar-refractivity contribution in [2.24, 2.45) is 0 Å². The Morgan fingerprint density at radius 2 is 1.73 bits per heavy atom. The molecule has 4 rings (SSSR count). The van der Waals surface area contributed by atoms with E-state index in [4.69, 9.17) is 13.9 Å². The molecule has 0 N–H and O–H groups in total. The lowest BCUT2D eigenvalue weighted by atomic mass is 10.2. The molecule has 0 saturated carbocycles. The summed E-state index contributed by atoms with van der Waals surface area (Å²) < 4.78 is 15.7. The summed E-state index contributed by atoms with van der Waals surface area (Å²) in [6.07, 6.45) is 4.78. The molecule has 7 heteroatoms. The standard InChI is InChI=1S/C19H18N2O5/c22-18(6-4-14-3-5-15-17(12-14)26-13-25-15)20-7-9-21(10-8-20)19(23)16-2-1-11-24-16/h1-6,11-12H,7-10,13H2/b6-4+. The summed E-state index contributed by atoms with van der Waals surface area (Å²) in [4.78, 5) is 28.0. The van der Waals surface area contributed by atoms with Gasteiger partial charge in [-0.25, -0.2) is 0 Å². The van der Waals surface area contributed by atoms with E-state index in [0.717, 1.165) is 5.56 Å². The van der Waals surface area contributed by atoms with Crippen molar-refractivity contribution in [3.05, 3.63) is 54.0 Å².